The number of guanidine groups is 1. The summed E-state index contributed by atoms with van der Waals surface area (Å²) in [5, 5.41) is 17.0. The lowest BCUT2D eigenvalue weighted by molar-refractivity contribution is -0.143. The van der Waals surface area contributed by atoms with Crippen LogP contribution in [0.5, 0.6) is 0 Å². The van der Waals surface area contributed by atoms with Crippen molar-refractivity contribution in [3.05, 3.63) is 0 Å². The monoisotopic (exact) mass is 543 g/mol. The van der Waals surface area contributed by atoms with Gasteiger partial charge in [0.1, 0.15) is 18.1 Å². The van der Waals surface area contributed by atoms with Crippen LogP contribution in [0, 0.1) is 5.92 Å². The summed E-state index contributed by atoms with van der Waals surface area (Å²) in [7, 11) is 0. The van der Waals surface area contributed by atoms with E-state index in [0.717, 1.165) is 0 Å². The van der Waals surface area contributed by atoms with Crippen LogP contribution in [-0.2, 0) is 24.0 Å². The first-order valence-corrected chi connectivity index (χ1v) is 12.8. The fourth-order valence-corrected chi connectivity index (χ4v) is 3.45. The van der Waals surface area contributed by atoms with Crippen LogP contribution in [0.4, 0.5) is 0 Å². The summed E-state index contributed by atoms with van der Waals surface area (Å²) in [6.45, 7) is 4.19. The van der Waals surface area contributed by atoms with E-state index in [-0.39, 0.29) is 37.7 Å². The SMILES string of the molecule is CCC(C)C(NC(=O)C(CCCN=C(N)N)NC(=O)C(N)CCCCN)C(=O)NC(CCC(N)=O)C(=O)O. The first-order chi connectivity index (χ1) is 17.8. The molecule has 0 radical (unpaired) electrons. The lowest BCUT2D eigenvalue weighted by atomic mass is 9.96. The van der Waals surface area contributed by atoms with E-state index >= 15 is 0 Å². The molecule has 0 aromatic rings. The Kier molecular flexibility index (Phi) is 17.0. The van der Waals surface area contributed by atoms with E-state index in [1.807, 2.05) is 0 Å². The van der Waals surface area contributed by atoms with Crippen molar-refractivity contribution >= 4 is 35.6 Å². The molecule has 5 unspecified atom stereocenters. The highest BCUT2D eigenvalue weighted by Gasteiger charge is 2.32. The number of aliphatic imine (C=N–C) groups is 1. The van der Waals surface area contributed by atoms with Crippen molar-refractivity contribution in [3.8, 4) is 0 Å². The summed E-state index contributed by atoms with van der Waals surface area (Å²) in [5.74, 6) is -4.49. The van der Waals surface area contributed by atoms with Gasteiger partial charge >= 0.3 is 5.97 Å². The van der Waals surface area contributed by atoms with Crippen LogP contribution in [0.2, 0.25) is 0 Å². The van der Waals surface area contributed by atoms with Gasteiger partial charge in [0.15, 0.2) is 5.96 Å². The number of nitrogens with one attached hydrogen (secondary N) is 3. The number of nitrogens with zero attached hydrogens (tertiary/aromatic N) is 1. The second kappa shape index (κ2) is 18.7. The summed E-state index contributed by atoms with van der Waals surface area (Å²) in [6.07, 6.45) is 2.24. The van der Waals surface area contributed by atoms with Gasteiger partial charge in [0, 0.05) is 13.0 Å². The molecule has 14 N–H and O–H groups in total. The maximum absolute atomic E-state index is 13.2. The smallest absolute Gasteiger partial charge is 0.326 e. The minimum absolute atomic E-state index is 0.116. The van der Waals surface area contributed by atoms with Crippen LogP contribution in [0.3, 0.4) is 0 Å². The Labute approximate surface area is 223 Å². The number of nitrogens with two attached hydrogens (primary N) is 5. The van der Waals surface area contributed by atoms with E-state index in [2.05, 4.69) is 20.9 Å². The van der Waals surface area contributed by atoms with Gasteiger partial charge in [0.2, 0.25) is 23.6 Å². The lowest BCUT2D eigenvalue weighted by Crippen LogP contribution is -2.58. The highest BCUT2D eigenvalue weighted by atomic mass is 16.4. The second-order valence-electron chi connectivity index (χ2n) is 9.18. The summed E-state index contributed by atoms with van der Waals surface area (Å²) in [6, 6.07) is -4.40. The first kappa shape index (κ1) is 34.5. The molecule has 0 aromatic heterocycles. The predicted molar refractivity (Wildman–Crippen MR) is 142 cm³/mol. The molecule has 0 saturated heterocycles. The summed E-state index contributed by atoms with van der Waals surface area (Å²) in [5.41, 5.74) is 27.2. The predicted octanol–water partition coefficient (Wildman–Crippen LogP) is -2.65. The molecular weight excluding hydrogens is 498 g/mol. The van der Waals surface area contributed by atoms with Gasteiger partial charge < -0.3 is 49.7 Å². The van der Waals surface area contributed by atoms with Crippen LogP contribution in [0.1, 0.15) is 65.2 Å². The molecule has 0 spiro atoms. The van der Waals surface area contributed by atoms with Crippen LogP contribution in [0.15, 0.2) is 4.99 Å². The Hall–Kier alpha value is -3.46. The molecule has 0 aliphatic rings. The Morgan fingerprint density at radius 1 is 0.842 bits per heavy atom. The van der Waals surface area contributed by atoms with Crippen LogP contribution < -0.4 is 44.6 Å². The molecule has 0 fully saturated rings. The number of unbranched alkanes of at least 4 members (excludes halogenated alkanes) is 1. The normalized spacial score (nSPS) is 14.7. The third-order valence-corrected chi connectivity index (χ3v) is 5.97. The van der Waals surface area contributed by atoms with E-state index < -0.39 is 53.8 Å². The maximum atomic E-state index is 13.2. The Morgan fingerprint density at radius 2 is 1.47 bits per heavy atom. The van der Waals surface area contributed by atoms with Crippen molar-refractivity contribution < 1.29 is 29.1 Å². The number of rotatable bonds is 20. The van der Waals surface area contributed by atoms with Crippen LogP contribution >= 0.6 is 0 Å². The van der Waals surface area contributed by atoms with Crippen molar-refractivity contribution in [2.24, 2.45) is 39.6 Å². The van der Waals surface area contributed by atoms with Crippen molar-refractivity contribution in [2.45, 2.75) is 89.4 Å². The van der Waals surface area contributed by atoms with Gasteiger partial charge in [-0.15, -0.1) is 0 Å². The number of carbonyl (C=O) groups is 5. The van der Waals surface area contributed by atoms with E-state index in [0.29, 0.717) is 38.6 Å². The number of hydrogen-bond donors (Lipinski definition) is 9. The molecule has 218 valence electrons. The van der Waals surface area contributed by atoms with Crippen molar-refractivity contribution in [2.75, 3.05) is 13.1 Å². The molecule has 5 atom stereocenters. The number of hydrogen-bond acceptors (Lipinski definition) is 8. The van der Waals surface area contributed by atoms with Gasteiger partial charge in [-0.3, -0.25) is 24.2 Å². The zero-order chi connectivity index (χ0) is 29.3. The number of carbonyl (C=O) groups excluding carboxylic acids is 4. The van der Waals surface area contributed by atoms with Crippen molar-refractivity contribution in [1.82, 2.24) is 16.0 Å². The largest absolute Gasteiger partial charge is 0.480 e. The van der Waals surface area contributed by atoms with Crippen LogP contribution in [0.25, 0.3) is 0 Å². The molecule has 0 aliphatic heterocycles. The fraction of sp³-hybridized carbons (Fsp3) is 0.739. The highest BCUT2D eigenvalue weighted by molar-refractivity contribution is 5.94. The summed E-state index contributed by atoms with van der Waals surface area (Å²) >= 11 is 0. The molecular formula is C23H45N9O6. The van der Waals surface area contributed by atoms with Gasteiger partial charge in [0.25, 0.3) is 0 Å². The van der Waals surface area contributed by atoms with E-state index in [1.165, 1.54) is 0 Å². The van der Waals surface area contributed by atoms with E-state index in [9.17, 15) is 29.1 Å². The van der Waals surface area contributed by atoms with Crippen molar-refractivity contribution in [3.63, 3.8) is 0 Å². The average Bonchev–Trinajstić information content (AvgIpc) is 2.85. The number of carboxylic acid groups (broad SMARTS) is 1. The van der Waals surface area contributed by atoms with Crippen molar-refractivity contribution in [1.29, 1.82) is 0 Å². The first-order valence-electron chi connectivity index (χ1n) is 12.8. The second-order valence-corrected chi connectivity index (χ2v) is 9.18. The quantitative estimate of drug-likeness (QED) is 0.0436. The zero-order valence-corrected chi connectivity index (χ0v) is 22.3. The minimum Gasteiger partial charge on any atom is -0.480 e. The Bertz CT molecular complexity index is 819. The molecule has 0 aromatic carbocycles. The van der Waals surface area contributed by atoms with Crippen LogP contribution in [-0.4, -0.2) is 77.9 Å². The molecule has 15 heteroatoms. The van der Waals surface area contributed by atoms with Gasteiger partial charge in [-0.2, -0.15) is 0 Å². The minimum atomic E-state index is -1.37. The number of amides is 4. The van der Waals surface area contributed by atoms with Gasteiger partial charge in [-0.25, -0.2) is 4.79 Å². The molecule has 38 heavy (non-hydrogen) atoms. The van der Waals surface area contributed by atoms with Gasteiger partial charge in [0.05, 0.1) is 6.04 Å². The summed E-state index contributed by atoms with van der Waals surface area (Å²) < 4.78 is 0. The molecule has 0 bridgehead atoms. The standard InChI is InChI=1S/C23H45N9O6/c1-3-13(2)18(21(36)31-16(22(37)38)9-10-17(26)33)32-20(35)15(8-6-12-29-23(27)28)30-19(34)14(25)7-4-5-11-24/h13-16,18H,3-12,24-25H2,1-2H3,(H2,26,33)(H,30,34)(H,31,36)(H,32,35)(H,37,38)(H4,27,28,29). The number of primary amides is 1. The third-order valence-electron chi connectivity index (χ3n) is 5.97. The third kappa shape index (κ3) is 14.3. The zero-order valence-electron chi connectivity index (χ0n) is 22.3. The maximum Gasteiger partial charge on any atom is 0.326 e. The Morgan fingerprint density at radius 3 is 2.00 bits per heavy atom. The topological polar surface area (TPSA) is 284 Å². The molecule has 4 amide bonds. The lowest BCUT2D eigenvalue weighted by Gasteiger charge is -2.28. The van der Waals surface area contributed by atoms with Gasteiger partial charge in [-0.05, 0) is 44.6 Å². The number of aliphatic carboxylic acids is 1. The van der Waals surface area contributed by atoms with E-state index in [1.54, 1.807) is 13.8 Å². The average molecular weight is 544 g/mol. The fourth-order valence-electron chi connectivity index (χ4n) is 3.45. The van der Waals surface area contributed by atoms with E-state index in [4.69, 9.17) is 28.7 Å². The molecule has 0 rings (SSSR count). The molecule has 0 saturated carbocycles. The summed E-state index contributed by atoms with van der Waals surface area (Å²) in [4.78, 5) is 65.4. The van der Waals surface area contributed by atoms with Gasteiger partial charge in [-0.1, -0.05) is 26.7 Å². The number of carboxylic acids is 1. The molecule has 0 heterocycles. The molecule has 0 aliphatic carbocycles. The molecule has 15 nitrogen and oxygen atoms in total. The Balaban J connectivity index is 5.62. The highest BCUT2D eigenvalue weighted by Crippen LogP contribution is 2.11.